The van der Waals surface area contributed by atoms with E-state index in [1.165, 1.54) is 20.1 Å². The van der Waals surface area contributed by atoms with Gasteiger partial charge in [0.2, 0.25) is 0 Å². The Hall–Kier alpha value is -1.40. The Kier molecular flexibility index (Phi) is 5.50. The Bertz CT molecular complexity index is 441. The number of ketones is 1. The number of hydrogen-bond donors (Lipinski definition) is 0. The molecule has 0 amide bonds. The summed E-state index contributed by atoms with van der Waals surface area (Å²) in [7, 11) is 1.51. The Balaban J connectivity index is 2.71. The molecule has 0 unspecified atom stereocenters. The van der Waals surface area contributed by atoms with Gasteiger partial charge in [-0.05, 0) is 24.6 Å². The molecule has 0 saturated heterocycles. The molecule has 1 rings (SSSR count). The third-order valence-electron chi connectivity index (χ3n) is 2.52. The molecule has 19 heavy (non-hydrogen) atoms. The van der Waals surface area contributed by atoms with Gasteiger partial charge in [-0.25, -0.2) is 0 Å². The maximum absolute atomic E-state index is 12.5. The van der Waals surface area contributed by atoms with Crippen LogP contribution in [0.2, 0.25) is 0 Å². The molecule has 0 fully saturated rings. The summed E-state index contributed by atoms with van der Waals surface area (Å²) in [5.41, 5.74) is -0.234. The molecular formula is C13H15F3O3. The van der Waals surface area contributed by atoms with E-state index in [0.717, 1.165) is 12.1 Å². The zero-order valence-corrected chi connectivity index (χ0v) is 10.7. The fourth-order valence-corrected chi connectivity index (χ4v) is 1.54. The van der Waals surface area contributed by atoms with Crippen molar-refractivity contribution >= 4 is 5.78 Å². The summed E-state index contributed by atoms with van der Waals surface area (Å²) in [5.74, 6) is -0.345. The monoisotopic (exact) mass is 276 g/mol. The lowest BCUT2D eigenvalue weighted by Gasteiger charge is -2.10. The van der Waals surface area contributed by atoms with Crippen molar-refractivity contribution in [2.24, 2.45) is 0 Å². The lowest BCUT2D eigenvalue weighted by Crippen LogP contribution is -2.14. The molecule has 3 nitrogen and oxygen atoms in total. The second-order valence-electron chi connectivity index (χ2n) is 4.00. The minimum Gasteiger partial charge on any atom is -0.382 e. The third-order valence-corrected chi connectivity index (χ3v) is 2.52. The van der Waals surface area contributed by atoms with Crippen LogP contribution in [0.15, 0.2) is 18.2 Å². The summed E-state index contributed by atoms with van der Waals surface area (Å²) in [5, 5.41) is 0. The molecule has 0 aromatic heterocycles. The largest absolute Gasteiger partial charge is 0.416 e. The standard InChI is InChI=1S/C13H15F3O3/c1-9-7-10(13(14,15)16)3-4-11(9)12(17)8-19-6-5-18-2/h3-4,7H,5-6,8H2,1-2H3. The molecule has 1 aromatic rings. The maximum atomic E-state index is 12.5. The van der Waals surface area contributed by atoms with Crippen LogP contribution in [0.3, 0.4) is 0 Å². The molecule has 0 bridgehead atoms. The summed E-state index contributed by atoms with van der Waals surface area (Å²) in [4.78, 5) is 11.7. The van der Waals surface area contributed by atoms with Crippen molar-refractivity contribution < 1.29 is 27.4 Å². The van der Waals surface area contributed by atoms with E-state index < -0.39 is 11.7 Å². The van der Waals surface area contributed by atoms with Gasteiger partial charge >= 0.3 is 6.18 Å². The van der Waals surface area contributed by atoms with E-state index in [1.807, 2.05) is 0 Å². The van der Waals surface area contributed by atoms with Gasteiger partial charge in [-0.3, -0.25) is 4.79 Å². The number of ether oxygens (including phenoxy) is 2. The number of carbonyl (C=O) groups excluding carboxylic acids is 1. The van der Waals surface area contributed by atoms with E-state index in [9.17, 15) is 18.0 Å². The minimum absolute atomic E-state index is 0.171. The molecule has 0 N–H and O–H groups in total. The summed E-state index contributed by atoms with van der Waals surface area (Å²) < 4.78 is 47.2. The van der Waals surface area contributed by atoms with Crippen molar-refractivity contribution in [3.8, 4) is 0 Å². The summed E-state index contributed by atoms with van der Waals surface area (Å²) >= 11 is 0. The van der Waals surface area contributed by atoms with Crippen LogP contribution in [0.25, 0.3) is 0 Å². The molecule has 106 valence electrons. The van der Waals surface area contributed by atoms with Crippen molar-refractivity contribution in [3.05, 3.63) is 34.9 Å². The summed E-state index contributed by atoms with van der Waals surface area (Å²) in [6.45, 7) is 1.92. The van der Waals surface area contributed by atoms with Crippen molar-refractivity contribution in [1.82, 2.24) is 0 Å². The van der Waals surface area contributed by atoms with Gasteiger partial charge in [0.1, 0.15) is 6.61 Å². The van der Waals surface area contributed by atoms with Crippen molar-refractivity contribution in [1.29, 1.82) is 0 Å². The zero-order chi connectivity index (χ0) is 14.5. The van der Waals surface area contributed by atoms with Crippen LogP contribution in [-0.2, 0) is 15.7 Å². The smallest absolute Gasteiger partial charge is 0.382 e. The Morgan fingerprint density at radius 2 is 1.95 bits per heavy atom. The first kappa shape index (κ1) is 15.7. The Labute approximate surface area is 109 Å². The van der Waals surface area contributed by atoms with Gasteiger partial charge in [0.15, 0.2) is 5.78 Å². The van der Waals surface area contributed by atoms with Crippen LogP contribution in [0.4, 0.5) is 13.2 Å². The topological polar surface area (TPSA) is 35.5 Å². The molecule has 0 aliphatic carbocycles. The van der Waals surface area contributed by atoms with Crippen LogP contribution in [0.1, 0.15) is 21.5 Å². The van der Waals surface area contributed by atoms with Gasteiger partial charge in [0, 0.05) is 12.7 Å². The van der Waals surface area contributed by atoms with E-state index in [4.69, 9.17) is 9.47 Å². The van der Waals surface area contributed by atoms with Gasteiger partial charge in [-0.15, -0.1) is 0 Å². The molecule has 6 heteroatoms. The molecule has 0 radical (unpaired) electrons. The van der Waals surface area contributed by atoms with E-state index in [2.05, 4.69) is 0 Å². The molecule has 0 atom stereocenters. The second-order valence-corrected chi connectivity index (χ2v) is 4.00. The number of hydrogen-bond acceptors (Lipinski definition) is 3. The highest BCUT2D eigenvalue weighted by atomic mass is 19.4. The predicted molar refractivity (Wildman–Crippen MR) is 63.2 cm³/mol. The molecule has 0 aliphatic rings. The van der Waals surface area contributed by atoms with Crippen LogP contribution in [0, 0.1) is 6.92 Å². The lowest BCUT2D eigenvalue weighted by molar-refractivity contribution is -0.137. The number of aryl methyl sites for hydroxylation is 1. The Morgan fingerprint density at radius 3 is 2.47 bits per heavy atom. The van der Waals surface area contributed by atoms with Gasteiger partial charge in [0.05, 0.1) is 18.8 Å². The van der Waals surface area contributed by atoms with E-state index in [-0.39, 0.29) is 30.1 Å². The van der Waals surface area contributed by atoms with Crippen LogP contribution >= 0.6 is 0 Å². The first-order valence-electron chi connectivity index (χ1n) is 5.64. The number of methoxy groups -OCH3 is 1. The normalized spacial score (nSPS) is 11.6. The van der Waals surface area contributed by atoms with Gasteiger partial charge in [-0.2, -0.15) is 13.2 Å². The number of benzene rings is 1. The first-order chi connectivity index (χ1) is 8.86. The minimum atomic E-state index is -4.40. The highest BCUT2D eigenvalue weighted by Crippen LogP contribution is 2.30. The van der Waals surface area contributed by atoms with Gasteiger partial charge in [-0.1, -0.05) is 6.07 Å². The lowest BCUT2D eigenvalue weighted by atomic mass is 10.0. The van der Waals surface area contributed by atoms with Crippen LogP contribution < -0.4 is 0 Å². The van der Waals surface area contributed by atoms with Crippen molar-refractivity contribution in [2.45, 2.75) is 13.1 Å². The van der Waals surface area contributed by atoms with E-state index in [0.29, 0.717) is 6.61 Å². The van der Waals surface area contributed by atoms with Crippen molar-refractivity contribution in [2.75, 3.05) is 26.9 Å². The number of Topliss-reactive ketones (excluding diaryl/α,β-unsaturated/α-hetero) is 1. The number of carbonyl (C=O) groups is 1. The summed E-state index contributed by atoms with van der Waals surface area (Å²) in [6.07, 6.45) is -4.40. The van der Waals surface area contributed by atoms with E-state index in [1.54, 1.807) is 0 Å². The second kappa shape index (κ2) is 6.68. The predicted octanol–water partition coefficient (Wildman–Crippen LogP) is 2.86. The molecular weight excluding hydrogens is 261 g/mol. The maximum Gasteiger partial charge on any atom is 0.416 e. The first-order valence-corrected chi connectivity index (χ1v) is 5.64. The Morgan fingerprint density at radius 1 is 1.26 bits per heavy atom. The molecule has 0 heterocycles. The molecule has 0 saturated carbocycles. The molecule has 0 aliphatic heterocycles. The number of halogens is 3. The van der Waals surface area contributed by atoms with Crippen LogP contribution in [0.5, 0.6) is 0 Å². The average molecular weight is 276 g/mol. The quantitative estimate of drug-likeness (QED) is 0.592. The molecule has 1 aromatic carbocycles. The highest BCUT2D eigenvalue weighted by Gasteiger charge is 2.30. The van der Waals surface area contributed by atoms with Gasteiger partial charge < -0.3 is 9.47 Å². The van der Waals surface area contributed by atoms with Crippen molar-refractivity contribution in [3.63, 3.8) is 0 Å². The zero-order valence-electron chi connectivity index (χ0n) is 10.7. The highest BCUT2D eigenvalue weighted by molar-refractivity contribution is 5.98. The third kappa shape index (κ3) is 4.65. The average Bonchev–Trinajstić information content (AvgIpc) is 2.33. The number of alkyl halides is 3. The molecule has 0 spiro atoms. The number of rotatable bonds is 6. The van der Waals surface area contributed by atoms with Gasteiger partial charge in [0.25, 0.3) is 0 Å². The summed E-state index contributed by atoms with van der Waals surface area (Å²) in [6, 6.07) is 3.04. The fourth-order valence-electron chi connectivity index (χ4n) is 1.54. The van der Waals surface area contributed by atoms with Crippen LogP contribution in [-0.4, -0.2) is 32.7 Å². The SMILES string of the molecule is COCCOCC(=O)c1ccc(C(F)(F)F)cc1C. The van der Waals surface area contributed by atoms with E-state index >= 15 is 0 Å². The fraction of sp³-hybridized carbons (Fsp3) is 0.462.